The molecule has 0 bridgehead atoms. The topological polar surface area (TPSA) is 24.1 Å². The van der Waals surface area contributed by atoms with Crippen LogP contribution in [0.5, 0.6) is 0 Å². The molecule has 0 spiro atoms. The monoisotopic (exact) mass is 350 g/mol. The molecule has 0 aromatic carbocycles. The first-order valence-electron chi connectivity index (χ1n) is 9.24. The third kappa shape index (κ3) is 15.8. The molecule has 2 nitrogen and oxygen atoms in total. The zero-order valence-corrected chi connectivity index (χ0v) is 16.7. The van der Waals surface area contributed by atoms with Crippen LogP contribution in [-0.2, 0) is 0 Å². The van der Waals surface area contributed by atoms with Gasteiger partial charge in [-0.25, -0.2) is 0 Å². The minimum Gasteiger partial charge on any atom is -0.386 e. The number of unbranched alkanes of at least 4 members (excludes halogenated alkanes) is 3. The second kappa shape index (κ2) is 16.8. The zero-order chi connectivity index (χ0) is 18.0. The maximum absolute atomic E-state index is 4.00. The van der Waals surface area contributed by atoms with Crippen LogP contribution >= 0.6 is 11.8 Å². The molecule has 0 aliphatic heterocycles. The van der Waals surface area contributed by atoms with Crippen molar-refractivity contribution in [2.45, 2.75) is 58.4 Å². The van der Waals surface area contributed by atoms with Crippen molar-refractivity contribution >= 4 is 11.8 Å². The van der Waals surface area contributed by atoms with E-state index in [1.54, 1.807) is 6.20 Å². The van der Waals surface area contributed by atoms with E-state index in [4.69, 9.17) is 0 Å². The minimum absolute atomic E-state index is 0.451. The van der Waals surface area contributed by atoms with Gasteiger partial charge in [0.15, 0.2) is 0 Å². The van der Waals surface area contributed by atoms with Crippen molar-refractivity contribution in [2.24, 2.45) is 5.92 Å². The summed E-state index contributed by atoms with van der Waals surface area (Å²) in [6.45, 7) is 16.7. The van der Waals surface area contributed by atoms with Crippen LogP contribution in [-0.4, -0.2) is 24.1 Å². The van der Waals surface area contributed by atoms with Gasteiger partial charge >= 0.3 is 0 Å². The summed E-state index contributed by atoms with van der Waals surface area (Å²) in [6, 6.07) is 0.451. The molecule has 2 N–H and O–H groups in total. The van der Waals surface area contributed by atoms with Crippen molar-refractivity contribution in [3.05, 3.63) is 49.9 Å². The van der Waals surface area contributed by atoms with Crippen molar-refractivity contribution in [1.29, 1.82) is 0 Å². The normalized spacial score (nSPS) is 13.4. The van der Waals surface area contributed by atoms with E-state index in [9.17, 15) is 0 Å². The largest absolute Gasteiger partial charge is 0.386 e. The van der Waals surface area contributed by atoms with E-state index >= 15 is 0 Å². The van der Waals surface area contributed by atoms with Gasteiger partial charge in [0, 0.05) is 17.5 Å². The SMILES string of the molecule is C=CCCCCCC(C)/C=C\CCSCC(C)NC(=C)CNC=C. The Labute approximate surface area is 155 Å². The lowest BCUT2D eigenvalue weighted by atomic mass is 10.0. The maximum atomic E-state index is 4.00. The summed E-state index contributed by atoms with van der Waals surface area (Å²) in [6.07, 6.45) is 16.0. The highest BCUT2D eigenvalue weighted by molar-refractivity contribution is 7.99. The van der Waals surface area contributed by atoms with Crippen LogP contribution in [0.15, 0.2) is 49.9 Å². The third-order valence-corrected chi connectivity index (χ3v) is 5.00. The first kappa shape index (κ1) is 22.9. The summed E-state index contributed by atoms with van der Waals surface area (Å²) in [4.78, 5) is 0. The molecule has 0 aromatic rings. The number of hydrogen-bond donors (Lipinski definition) is 2. The predicted molar refractivity (Wildman–Crippen MR) is 113 cm³/mol. The Morgan fingerprint density at radius 1 is 1.12 bits per heavy atom. The Balaban J connectivity index is 3.54. The lowest BCUT2D eigenvalue weighted by Crippen LogP contribution is -2.31. The molecule has 2 atom stereocenters. The molecule has 0 aliphatic rings. The second-order valence-corrected chi connectivity index (χ2v) is 7.58. The van der Waals surface area contributed by atoms with Crippen molar-refractivity contribution in [2.75, 3.05) is 18.1 Å². The van der Waals surface area contributed by atoms with Crippen LogP contribution in [0.3, 0.4) is 0 Å². The van der Waals surface area contributed by atoms with Gasteiger partial charge < -0.3 is 10.6 Å². The number of hydrogen-bond acceptors (Lipinski definition) is 3. The highest BCUT2D eigenvalue weighted by Gasteiger charge is 2.02. The van der Waals surface area contributed by atoms with Gasteiger partial charge in [0.25, 0.3) is 0 Å². The van der Waals surface area contributed by atoms with Crippen LogP contribution in [0.25, 0.3) is 0 Å². The summed E-state index contributed by atoms with van der Waals surface area (Å²) in [7, 11) is 0. The van der Waals surface area contributed by atoms with Crippen LogP contribution in [0, 0.1) is 5.92 Å². The van der Waals surface area contributed by atoms with Crippen LogP contribution in [0.1, 0.15) is 52.4 Å². The average Bonchev–Trinajstić information content (AvgIpc) is 2.55. The Bertz CT molecular complexity index is 363. The standard InChI is InChI=1S/C21H38N2S/c1-6-8-9-10-11-14-19(3)15-12-13-16-24-18-21(5)23-20(4)17-22-7-2/h6-7,12,15,19,21-23H,1-2,4,8-11,13-14,16-18H2,3,5H3/b15-12-. The van der Waals surface area contributed by atoms with E-state index in [0.717, 1.165) is 30.8 Å². The molecule has 0 saturated heterocycles. The summed E-state index contributed by atoms with van der Waals surface area (Å²) < 4.78 is 0. The first-order chi connectivity index (χ1) is 11.6. The van der Waals surface area contributed by atoms with Crippen LogP contribution < -0.4 is 10.6 Å². The molecule has 0 amide bonds. The third-order valence-electron chi connectivity index (χ3n) is 3.74. The number of allylic oxidation sites excluding steroid dienone is 3. The number of rotatable bonds is 17. The molecular weight excluding hydrogens is 312 g/mol. The van der Waals surface area contributed by atoms with Gasteiger partial charge in [-0.05, 0) is 50.5 Å². The lowest BCUT2D eigenvalue weighted by molar-refractivity contribution is 0.566. The zero-order valence-electron chi connectivity index (χ0n) is 15.9. The molecule has 0 heterocycles. The minimum atomic E-state index is 0.451. The molecular formula is C21H38N2S. The second-order valence-electron chi connectivity index (χ2n) is 6.43. The molecule has 0 saturated carbocycles. The van der Waals surface area contributed by atoms with E-state index in [2.05, 4.69) is 56.4 Å². The molecule has 0 rings (SSSR count). The van der Waals surface area contributed by atoms with E-state index in [-0.39, 0.29) is 0 Å². The predicted octanol–water partition coefficient (Wildman–Crippen LogP) is 5.66. The number of thioether (sulfide) groups is 1. The Kier molecular flexibility index (Phi) is 16.0. The summed E-state index contributed by atoms with van der Waals surface area (Å²) >= 11 is 2.00. The average molecular weight is 351 g/mol. The molecule has 2 unspecified atom stereocenters. The highest BCUT2D eigenvalue weighted by Crippen LogP contribution is 2.13. The molecule has 0 aliphatic carbocycles. The van der Waals surface area contributed by atoms with E-state index in [1.165, 1.54) is 31.4 Å². The fourth-order valence-electron chi connectivity index (χ4n) is 2.40. The Hall–Kier alpha value is -1.09. The Morgan fingerprint density at radius 3 is 2.62 bits per heavy atom. The van der Waals surface area contributed by atoms with Gasteiger partial charge in [-0.15, -0.1) is 6.58 Å². The van der Waals surface area contributed by atoms with Crippen molar-refractivity contribution in [3.63, 3.8) is 0 Å². The van der Waals surface area contributed by atoms with Crippen molar-refractivity contribution < 1.29 is 0 Å². The summed E-state index contributed by atoms with van der Waals surface area (Å²) in [5.74, 6) is 3.01. The molecule has 138 valence electrons. The molecule has 0 fully saturated rings. The van der Waals surface area contributed by atoms with Gasteiger partial charge in [-0.3, -0.25) is 0 Å². The van der Waals surface area contributed by atoms with Crippen molar-refractivity contribution in [3.8, 4) is 0 Å². The van der Waals surface area contributed by atoms with Crippen LogP contribution in [0.2, 0.25) is 0 Å². The summed E-state index contributed by atoms with van der Waals surface area (Å²) in [5, 5.41) is 6.47. The molecule has 0 radical (unpaired) electrons. The smallest absolute Gasteiger partial charge is 0.0536 e. The molecule has 0 aromatic heterocycles. The fourth-order valence-corrected chi connectivity index (χ4v) is 3.31. The van der Waals surface area contributed by atoms with Gasteiger partial charge in [-0.2, -0.15) is 11.8 Å². The van der Waals surface area contributed by atoms with Gasteiger partial charge in [0.2, 0.25) is 0 Å². The number of nitrogens with one attached hydrogen (secondary N) is 2. The quantitative estimate of drug-likeness (QED) is 0.261. The van der Waals surface area contributed by atoms with E-state index in [1.807, 2.05) is 17.8 Å². The summed E-state index contributed by atoms with van der Waals surface area (Å²) in [5.41, 5.74) is 1.02. The first-order valence-corrected chi connectivity index (χ1v) is 10.4. The van der Waals surface area contributed by atoms with E-state index < -0.39 is 0 Å². The van der Waals surface area contributed by atoms with E-state index in [0.29, 0.717) is 12.0 Å². The lowest BCUT2D eigenvalue weighted by Gasteiger charge is -2.16. The van der Waals surface area contributed by atoms with Crippen molar-refractivity contribution in [1.82, 2.24) is 10.6 Å². The fraction of sp³-hybridized carbons (Fsp3) is 0.619. The maximum Gasteiger partial charge on any atom is 0.0536 e. The van der Waals surface area contributed by atoms with Gasteiger partial charge in [-0.1, -0.05) is 51.2 Å². The van der Waals surface area contributed by atoms with Gasteiger partial charge in [0.05, 0.1) is 6.54 Å². The Morgan fingerprint density at radius 2 is 1.92 bits per heavy atom. The highest BCUT2D eigenvalue weighted by atomic mass is 32.2. The molecule has 3 heteroatoms. The van der Waals surface area contributed by atoms with Gasteiger partial charge in [0.1, 0.15) is 0 Å². The van der Waals surface area contributed by atoms with Crippen LogP contribution in [0.4, 0.5) is 0 Å². The molecule has 24 heavy (non-hydrogen) atoms.